The van der Waals surface area contributed by atoms with Crippen molar-refractivity contribution in [2.24, 2.45) is 0 Å². The Bertz CT molecular complexity index is 814. The van der Waals surface area contributed by atoms with Crippen molar-refractivity contribution in [2.45, 2.75) is 32.0 Å². The zero-order valence-corrected chi connectivity index (χ0v) is 15.4. The normalized spacial score (nSPS) is 19.2. The zero-order valence-electron chi connectivity index (χ0n) is 14.6. The summed E-state index contributed by atoms with van der Waals surface area (Å²) in [5.41, 5.74) is 2.05. The molecule has 26 heavy (non-hydrogen) atoms. The second kappa shape index (κ2) is 6.91. The molecule has 138 valence electrons. The fourth-order valence-electron chi connectivity index (χ4n) is 3.07. The van der Waals surface area contributed by atoms with Gasteiger partial charge in [0.1, 0.15) is 6.04 Å². The molecular formula is C17H20N4O4S. The van der Waals surface area contributed by atoms with Crippen LogP contribution in [0, 0.1) is 0 Å². The summed E-state index contributed by atoms with van der Waals surface area (Å²) in [5.74, 6) is -1.71. The molecule has 1 unspecified atom stereocenters. The summed E-state index contributed by atoms with van der Waals surface area (Å²) in [6, 6.07) is -0.511. The molecule has 8 nitrogen and oxygen atoms in total. The molecule has 0 radical (unpaired) electrons. The van der Waals surface area contributed by atoms with Crippen LogP contribution < -0.4 is 10.6 Å². The molecule has 1 saturated heterocycles. The molecule has 0 aromatic carbocycles. The predicted octanol–water partition coefficient (Wildman–Crippen LogP) is 0.201. The summed E-state index contributed by atoms with van der Waals surface area (Å²) in [5, 5.41) is 7.02. The average molecular weight is 376 g/mol. The van der Waals surface area contributed by atoms with E-state index in [1.54, 1.807) is 10.3 Å². The smallest absolute Gasteiger partial charge is 0.311 e. The van der Waals surface area contributed by atoms with Crippen LogP contribution in [-0.2, 0) is 27.5 Å². The number of allylic oxidation sites excluding steroid dienone is 1. The molecule has 2 N–H and O–H groups in total. The van der Waals surface area contributed by atoms with E-state index in [0.29, 0.717) is 30.6 Å². The average Bonchev–Trinajstić information content (AvgIpc) is 3.12. The van der Waals surface area contributed by atoms with Crippen molar-refractivity contribution >= 4 is 35.0 Å². The number of hydrogen-bond acceptors (Lipinski definition) is 5. The molecule has 0 aliphatic carbocycles. The van der Waals surface area contributed by atoms with Crippen LogP contribution in [0.15, 0.2) is 17.7 Å². The highest BCUT2D eigenvalue weighted by Crippen LogP contribution is 2.34. The summed E-state index contributed by atoms with van der Waals surface area (Å²) >= 11 is 1.37. The van der Waals surface area contributed by atoms with Crippen molar-refractivity contribution < 1.29 is 19.2 Å². The summed E-state index contributed by atoms with van der Waals surface area (Å²) in [6.45, 7) is 4.25. The van der Waals surface area contributed by atoms with Crippen LogP contribution in [0.1, 0.15) is 33.6 Å². The van der Waals surface area contributed by atoms with Gasteiger partial charge < -0.3 is 20.4 Å². The van der Waals surface area contributed by atoms with Crippen LogP contribution in [0.2, 0.25) is 0 Å². The number of piperidine rings is 1. The van der Waals surface area contributed by atoms with Crippen molar-refractivity contribution in [1.82, 2.24) is 20.4 Å². The van der Waals surface area contributed by atoms with Crippen molar-refractivity contribution in [2.75, 3.05) is 14.1 Å². The van der Waals surface area contributed by atoms with E-state index in [1.165, 1.54) is 30.3 Å². The standard InChI is InChI=1S/C17H20N4O4S/c1-9-4-5-12(14(22)19-9)21-7-10-11(16(21)24)8-26-13(10)6-18-15(23)17(25)20(2)3/h8,12H,1,4-7H2,2-3H3,(H,18,23)(H,19,22). The van der Waals surface area contributed by atoms with E-state index in [4.69, 9.17) is 0 Å². The highest BCUT2D eigenvalue weighted by atomic mass is 32.1. The van der Waals surface area contributed by atoms with Gasteiger partial charge in [-0.1, -0.05) is 6.58 Å². The van der Waals surface area contributed by atoms with Crippen molar-refractivity contribution in [1.29, 1.82) is 0 Å². The Kier molecular flexibility index (Phi) is 4.82. The lowest BCUT2D eigenvalue weighted by molar-refractivity contribution is -0.144. The fourth-order valence-corrected chi connectivity index (χ4v) is 4.05. The zero-order chi connectivity index (χ0) is 19.0. The van der Waals surface area contributed by atoms with Crippen LogP contribution >= 0.6 is 11.3 Å². The van der Waals surface area contributed by atoms with E-state index < -0.39 is 17.9 Å². The van der Waals surface area contributed by atoms with Gasteiger partial charge in [-0.15, -0.1) is 11.3 Å². The van der Waals surface area contributed by atoms with Gasteiger partial charge in [-0.3, -0.25) is 19.2 Å². The van der Waals surface area contributed by atoms with Gasteiger partial charge in [0.2, 0.25) is 5.91 Å². The molecule has 3 heterocycles. The minimum Gasteiger partial charge on any atom is -0.343 e. The van der Waals surface area contributed by atoms with Gasteiger partial charge in [-0.05, 0) is 18.4 Å². The maximum Gasteiger partial charge on any atom is 0.311 e. The number of rotatable bonds is 3. The molecule has 2 aliphatic rings. The summed E-state index contributed by atoms with van der Waals surface area (Å²) < 4.78 is 0. The number of likely N-dealkylation sites (N-methyl/N-ethyl adjacent to an activating group) is 1. The first-order valence-electron chi connectivity index (χ1n) is 8.18. The SMILES string of the molecule is C=C1CCC(N2Cc3c(csc3CNC(=O)C(=O)N(C)C)C2=O)C(=O)N1. The Morgan fingerprint density at radius 3 is 2.81 bits per heavy atom. The van der Waals surface area contributed by atoms with Gasteiger partial charge in [-0.2, -0.15) is 0 Å². The molecule has 1 aromatic heterocycles. The lowest BCUT2D eigenvalue weighted by atomic mass is 10.0. The van der Waals surface area contributed by atoms with Gasteiger partial charge in [0, 0.05) is 36.6 Å². The number of hydrogen-bond donors (Lipinski definition) is 2. The third-order valence-corrected chi connectivity index (χ3v) is 5.54. The van der Waals surface area contributed by atoms with Gasteiger partial charge in [0.25, 0.3) is 5.91 Å². The van der Waals surface area contributed by atoms with Gasteiger partial charge >= 0.3 is 11.8 Å². The Balaban J connectivity index is 1.70. The molecule has 4 amide bonds. The number of amides is 4. The third-order valence-electron chi connectivity index (χ3n) is 4.51. The molecule has 2 aliphatic heterocycles. The second-order valence-corrected chi connectivity index (χ2v) is 7.48. The highest BCUT2D eigenvalue weighted by molar-refractivity contribution is 7.10. The molecule has 0 bridgehead atoms. The van der Waals surface area contributed by atoms with Gasteiger partial charge in [-0.25, -0.2) is 0 Å². The maximum absolute atomic E-state index is 12.7. The molecule has 9 heteroatoms. The van der Waals surface area contributed by atoms with Crippen molar-refractivity contribution in [3.63, 3.8) is 0 Å². The summed E-state index contributed by atoms with van der Waals surface area (Å²) in [6.07, 6.45) is 1.19. The minimum absolute atomic E-state index is 0.174. The van der Waals surface area contributed by atoms with Crippen LogP contribution in [0.4, 0.5) is 0 Å². The lowest BCUT2D eigenvalue weighted by Gasteiger charge is -2.31. The van der Waals surface area contributed by atoms with E-state index in [0.717, 1.165) is 10.4 Å². The van der Waals surface area contributed by atoms with Crippen molar-refractivity contribution in [3.8, 4) is 0 Å². The first-order chi connectivity index (χ1) is 12.3. The first-order valence-corrected chi connectivity index (χ1v) is 9.06. The molecule has 3 rings (SSSR count). The predicted molar refractivity (Wildman–Crippen MR) is 95.0 cm³/mol. The van der Waals surface area contributed by atoms with E-state index >= 15 is 0 Å². The number of carbonyl (C=O) groups excluding carboxylic acids is 4. The highest BCUT2D eigenvalue weighted by Gasteiger charge is 2.39. The molecule has 0 saturated carbocycles. The maximum atomic E-state index is 12.7. The number of nitrogens with one attached hydrogen (secondary N) is 2. The number of thiophene rings is 1. The molecular weight excluding hydrogens is 356 g/mol. The minimum atomic E-state index is -0.691. The first kappa shape index (κ1) is 18.1. The molecule has 1 aromatic rings. The van der Waals surface area contributed by atoms with E-state index in [-0.39, 0.29) is 18.4 Å². The topological polar surface area (TPSA) is 98.8 Å². The fraction of sp³-hybridized carbons (Fsp3) is 0.412. The van der Waals surface area contributed by atoms with E-state index in [9.17, 15) is 19.2 Å². The monoisotopic (exact) mass is 376 g/mol. The largest absolute Gasteiger partial charge is 0.343 e. The van der Waals surface area contributed by atoms with Crippen LogP contribution in [0.25, 0.3) is 0 Å². The Morgan fingerprint density at radius 2 is 2.15 bits per heavy atom. The Labute approximate surface area is 154 Å². The van der Waals surface area contributed by atoms with Crippen molar-refractivity contribution in [3.05, 3.63) is 33.7 Å². The quantitative estimate of drug-likeness (QED) is 0.736. The Hall–Kier alpha value is -2.68. The molecule has 1 atom stereocenters. The number of fused-ring (bicyclic) bond motifs is 1. The van der Waals surface area contributed by atoms with Crippen LogP contribution in [-0.4, -0.2) is 53.6 Å². The van der Waals surface area contributed by atoms with E-state index in [1.807, 2.05) is 0 Å². The Morgan fingerprint density at radius 1 is 1.42 bits per heavy atom. The summed E-state index contributed by atoms with van der Waals surface area (Å²) in [4.78, 5) is 51.8. The summed E-state index contributed by atoms with van der Waals surface area (Å²) in [7, 11) is 3.01. The number of carbonyl (C=O) groups is 4. The number of nitrogens with zero attached hydrogens (tertiary/aromatic N) is 2. The third kappa shape index (κ3) is 3.22. The van der Waals surface area contributed by atoms with Gasteiger partial charge in [0.15, 0.2) is 0 Å². The molecule has 1 fully saturated rings. The van der Waals surface area contributed by atoms with E-state index in [2.05, 4.69) is 17.2 Å². The second-order valence-electron chi connectivity index (χ2n) is 6.51. The van der Waals surface area contributed by atoms with Crippen LogP contribution in [0.5, 0.6) is 0 Å². The van der Waals surface area contributed by atoms with Gasteiger partial charge in [0.05, 0.1) is 12.1 Å². The van der Waals surface area contributed by atoms with Crippen LogP contribution in [0.3, 0.4) is 0 Å². The molecule has 0 spiro atoms. The lowest BCUT2D eigenvalue weighted by Crippen LogP contribution is -2.49.